The largest absolute Gasteiger partial charge is 0.378 e. The van der Waals surface area contributed by atoms with E-state index in [1.165, 1.54) is 12.0 Å². The van der Waals surface area contributed by atoms with E-state index < -0.39 is 0 Å². The molecule has 2 heterocycles. The summed E-state index contributed by atoms with van der Waals surface area (Å²) < 4.78 is 5.79. The van der Waals surface area contributed by atoms with E-state index in [0.717, 1.165) is 25.4 Å². The Kier molecular flexibility index (Phi) is 4.72. The first-order valence-electron chi connectivity index (χ1n) is 6.90. The first-order valence-corrected chi connectivity index (χ1v) is 6.90. The molecule has 0 spiro atoms. The second kappa shape index (κ2) is 6.30. The molecule has 0 aromatic carbocycles. The summed E-state index contributed by atoms with van der Waals surface area (Å²) in [4.78, 5) is 4.40. The lowest BCUT2D eigenvalue weighted by atomic mass is 9.93. The molecule has 1 aliphatic rings. The van der Waals surface area contributed by atoms with Crippen LogP contribution in [0.1, 0.15) is 31.5 Å². The van der Waals surface area contributed by atoms with Crippen LogP contribution in [-0.4, -0.2) is 24.2 Å². The maximum Gasteiger partial charge on any atom is 0.0639 e. The zero-order valence-electron chi connectivity index (χ0n) is 11.6. The Morgan fingerprint density at radius 3 is 2.94 bits per heavy atom. The van der Waals surface area contributed by atoms with Gasteiger partial charge in [0.05, 0.1) is 11.8 Å². The van der Waals surface area contributed by atoms with Crippen molar-refractivity contribution in [1.29, 1.82) is 0 Å². The van der Waals surface area contributed by atoms with Gasteiger partial charge in [-0.15, -0.1) is 0 Å². The van der Waals surface area contributed by atoms with E-state index in [0.29, 0.717) is 17.9 Å². The highest BCUT2D eigenvalue weighted by Crippen LogP contribution is 2.26. The molecular formula is C15H24N2O. The van der Waals surface area contributed by atoms with Gasteiger partial charge in [0.1, 0.15) is 0 Å². The van der Waals surface area contributed by atoms with Crippen LogP contribution >= 0.6 is 0 Å². The third-order valence-electron chi connectivity index (χ3n) is 3.61. The Bertz CT molecular complexity index is 361. The van der Waals surface area contributed by atoms with Crippen molar-refractivity contribution in [3.8, 4) is 0 Å². The molecule has 1 saturated heterocycles. The zero-order chi connectivity index (χ0) is 13.0. The zero-order valence-corrected chi connectivity index (χ0v) is 11.6. The van der Waals surface area contributed by atoms with Gasteiger partial charge in [0.15, 0.2) is 0 Å². The molecule has 1 aliphatic heterocycles. The summed E-state index contributed by atoms with van der Waals surface area (Å²) in [6, 6.07) is 4.20. The van der Waals surface area contributed by atoms with Crippen LogP contribution in [0.2, 0.25) is 0 Å². The molecule has 2 atom stereocenters. The molecule has 100 valence electrons. The molecule has 1 aromatic rings. The third-order valence-corrected chi connectivity index (χ3v) is 3.61. The molecule has 1 aromatic heterocycles. The van der Waals surface area contributed by atoms with E-state index in [4.69, 9.17) is 4.74 Å². The lowest BCUT2D eigenvalue weighted by Gasteiger charge is -2.22. The van der Waals surface area contributed by atoms with Gasteiger partial charge >= 0.3 is 0 Å². The molecule has 0 unspecified atom stereocenters. The number of nitrogens with one attached hydrogen (secondary N) is 1. The summed E-state index contributed by atoms with van der Waals surface area (Å²) in [6.07, 6.45) is 3.52. The van der Waals surface area contributed by atoms with E-state index in [1.807, 2.05) is 6.20 Å². The molecule has 0 aliphatic carbocycles. The summed E-state index contributed by atoms with van der Waals surface area (Å²) in [7, 11) is 0. The van der Waals surface area contributed by atoms with Crippen molar-refractivity contribution in [2.75, 3.05) is 13.2 Å². The predicted molar refractivity (Wildman–Crippen MR) is 73.4 cm³/mol. The van der Waals surface area contributed by atoms with Crippen LogP contribution in [0.3, 0.4) is 0 Å². The van der Waals surface area contributed by atoms with Crippen molar-refractivity contribution in [1.82, 2.24) is 10.3 Å². The van der Waals surface area contributed by atoms with Crippen LogP contribution in [-0.2, 0) is 11.3 Å². The fourth-order valence-electron chi connectivity index (χ4n) is 2.60. The number of ether oxygens (including phenoxy) is 1. The Hall–Kier alpha value is -0.930. The topological polar surface area (TPSA) is 34.1 Å². The molecule has 3 nitrogen and oxygen atoms in total. The van der Waals surface area contributed by atoms with Gasteiger partial charge in [-0.3, -0.25) is 4.98 Å². The fraction of sp³-hybridized carbons (Fsp3) is 0.667. The monoisotopic (exact) mass is 248 g/mol. The normalized spacial score (nSPS) is 23.8. The number of aromatic nitrogens is 1. The van der Waals surface area contributed by atoms with Crippen molar-refractivity contribution >= 4 is 0 Å². The first kappa shape index (κ1) is 13.5. The Morgan fingerprint density at radius 1 is 1.44 bits per heavy atom. The lowest BCUT2D eigenvalue weighted by Crippen LogP contribution is -2.31. The van der Waals surface area contributed by atoms with Crippen molar-refractivity contribution in [3.63, 3.8) is 0 Å². The third kappa shape index (κ3) is 3.53. The van der Waals surface area contributed by atoms with Crippen LogP contribution in [0.25, 0.3) is 0 Å². The number of rotatable bonds is 5. The molecule has 1 fully saturated rings. The van der Waals surface area contributed by atoms with Gasteiger partial charge in [0.25, 0.3) is 0 Å². The van der Waals surface area contributed by atoms with Crippen LogP contribution in [0.15, 0.2) is 18.3 Å². The van der Waals surface area contributed by atoms with E-state index in [9.17, 15) is 0 Å². The Balaban J connectivity index is 1.76. The number of nitrogens with zero attached hydrogens (tertiary/aromatic N) is 1. The van der Waals surface area contributed by atoms with E-state index in [-0.39, 0.29) is 0 Å². The summed E-state index contributed by atoms with van der Waals surface area (Å²) in [6.45, 7) is 9.33. The second-order valence-electron chi connectivity index (χ2n) is 5.59. The van der Waals surface area contributed by atoms with Gasteiger partial charge in [-0.1, -0.05) is 19.9 Å². The number of hydrogen-bond acceptors (Lipinski definition) is 3. The average Bonchev–Trinajstić information content (AvgIpc) is 2.80. The summed E-state index contributed by atoms with van der Waals surface area (Å²) in [5, 5.41) is 3.51. The summed E-state index contributed by atoms with van der Waals surface area (Å²) in [5.74, 6) is 1.26. The number of pyridine rings is 1. The average molecular weight is 248 g/mol. The van der Waals surface area contributed by atoms with Gasteiger partial charge in [0, 0.05) is 25.9 Å². The minimum absolute atomic E-state index is 0.420. The second-order valence-corrected chi connectivity index (χ2v) is 5.59. The highest BCUT2D eigenvalue weighted by molar-refractivity contribution is 5.11. The van der Waals surface area contributed by atoms with Crippen molar-refractivity contribution < 1.29 is 4.74 Å². The Labute approximate surface area is 110 Å². The van der Waals surface area contributed by atoms with Gasteiger partial charge in [-0.25, -0.2) is 0 Å². The lowest BCUT2D eigenvalue weighted by molar-refractivity contribution is 0.0539. The summed E-state index contributed by atoms with van der Waals surface area (Å²) in [5.41, 5.74) is 2.32. The molecule has 3 heteroatoms. The molecule has 0 radical (unpaired) electrons. The van der Waals surface area contributed by atoms with E-state index in [1.54, 1.807) is 0 Å². The molecular weight excluding hydrogens is 224 g/mol. The number of hydrogen-bond donors (Lipinski definition) is 1. The Morgan fingerprint density at radius 2 is 2.28 bits per heavy atom. The smallest absolute Gasteiger partial charge is 0.0639 e. The highest BCUT2D eigenvalue weighted by Gasteiger charge is 2.29. The molecule has 1 N–H and O–H groups in total. The fourth-order valence-corrected chi connectivity index (χ4v) is 2.60. The molecule has 0 bridgehead atoms. The van der Waals surface area contributed by atoms with E-state index in [2.05, 4.69) is 43.2 Å². The first-order chi connectivity index (χ1) is 8.66. The quantitative estimate of drug-likeness (QED) is 0.869. The molecule has 18 heavy (non-hydrogen) atoms. The molecule has 2 rings (SSSR count). The van der Waals surface area contributed by atoms with Gasteiger partial charge in [0.2, 0.25) is 0 Å². The minimum Gasteiger partial charge on any atom is -0.378 e. The van der Waals surface area contributed by atoms with Gasteiger partial charge in [-0.2, -0.15) is 0 Å². The summed E-state index contributed by atoms with van der Waals surface area (Å²) >= 11 is 0. The predicted octanol–water partition coefficient (Wildman–Crippen LogP) is 2.54. The van der Waals surface area contributed by atoms with Crippen LogP contribution < -0.4 is 5.32 Å². The van der Waals surface area contributed by atoms with Gasteiger partial charge in [-0.05, 0) is 36.8 Å². The molecule has 0 saturated carbocycles. The maximum absolute atomic E-state index is 5.79. The highest BCUT2D eigenvalue weighted by atomic mass is 16.5. The van der Waals surface area contributed by atoms with Crippen LogP contribution in [0, 0.1) is 18.8 Å². The molecule has 0 amide bonds. The minimum atomic E-state index is 0.420. The van der Waals surface area contributed by atoms with Crippen LogP contribution in [0.4, 0.5) is 0 Å². The maximum atomic E-state index is 5.79. The van der Waals surface area contributed by atoms with Gasteiger partial charge < -0.3 is 10.1 Å². The SMILES string of the molecule is Cc1ccc(CNC[C@H]2CCO[C@@H]2C(C)C)nc1. The van der Waals surface area contributed by atoms with E-state index >= 15 is 0 Å². The van der Waals surface area contributed by atoms with Crippen molar-refractivity contribution in [2.45, 2.75) is 39.8 Å². The van der Waals surface area contributed by atoms with Crippen LogP contribution in [0.5, 0.6) is 0 Å². The van der Waals surface area contributed by atoms with Crippen molar-refractivity contribution in [2.24, 2.45) is 11.8 Å². The number of aryl methyl sites for hydroxylation is 1. The standard InChI is InChI=1S/C15H24N2O/c1-11(2)15-13(6-7-18-15)9-16-10-14-5-4-12(3)8-17-14/h4-5,8,11,13,15-16H,6-7,9-10H2,1-3H3/t13-,15-/m1/s1. The van der Waals surface area contributed by atoms with Crippen molar-refractivity contribution in [3.05, 3.63) is 29.6 Å².